The molecule has 0 aliphatic carbocycles. The van der Waals surface area contributed by atoms with Crippen molar-refractivity contribution in [2.24, 2.45) is 0 Å². The first-order valence-corrected chi connectivity index (χ1v) is 12.7. The second-order valence-corrected chi connectivity index (χ2v) is 9.82. The van der Waals surface area contributed by atoms with Gasteiger partial charge in [-0.1, -0.05) is 30.3 Å². The molecule has 0 saturated carbocycles. The van der Waals surface area contributed by atoms with Gasteiger partial charge in [0.15, 0.2) is 0 Å². The number of benzene rings is 1. The molecule has 1 aliphatic rings. The fourth-order valence-electron chi connectivity index (χ4n) is 4.55. The zero-order chi connectivity index (χ0) is 23.3. The molecule has 0 fully saturated rings. The van der Waals surface area contributed by atoms with Crippen LogP contribution in [0.2, 0.25) is 0 Å². The molecule has 3 aromatic heterocycles. The van der Waals surface area contributed by atoms with Crippen molar-refractivity contribution in [1.29, 1.82) is 0 Å². The third kappa shape index (κ3) is 5.42. The largest absolute Gasteiger partial charge is 0.481 e. The van der Waals surface area contributed by atoms with Gasteiger partial charge in [-0.2, -0.15) is 0 Å². The highest BCUT2D eigenvalue weighted by Gasteiger charge is 2.20. The summed E-state index contributed by atoms with van der Waals surface area (Å²) in [6, 6.07) is 14.4. The van der Waals surface area contributed by atoms with Gasteiger partial charge in [0.25, 0.3) is 0 Å². The van der Waals surface area contributed by atoms with Crippen molar-refractivity contribution in [2.45, 2.75) is 50.9 Å². The van der Waals surface area contributed by atoms with Crippen molar-refractivity contribution >= 4 is 33.9 Å². The van der Waals surface area contributed by atoms with Gasteiger partial charge in [-0.3, -0.25) is 9.78 Å². The summed E-state index contributed by atoms with van der Waals surface area (Å²) in [5, 5.41) is 18.2. The van der Waals surface area contributed by atoms with E-state index < -0.39 is 5.97 Å². The number of aromatic nitrogens is 3. The van der Waals surface area contributed by atoms with E-state index in [-0.39, 0.29) is 12.3 Å². The van der Waals surface area contributed by atoms with E-state index in [9.17, 15) is 9.90 Å². The van der Waals surface area contributed by atoms with Crippen LogP contribution in [0.3, 0.4) is 0 Å². The summed E-state index contributed by atoms with van der Waals surface area (Å²) in [6.45, 7) is 1.00. The molecule has 0 spiro atoms. The molecular formula is C27H28N4O2S. The minimum atomic E-state index is -0.817. The summed E-state index contributed by atoms with van der Waals surface area (Å²) < 4.78 is 0. The Balaban J connectivity index is 1.22. The molecule has 0 saturated heterocycles. The lowest BCUT2D eigenvalue weighted by atomic mass is 9.94. The number of nitrogens with one attached hydrogen (secondary N) is 1. The lowest BCUT2D eigenvalue weighted by molar-refractivity contribution is -0.137. The summed E-state index contributed by atoms with van der Waals surface area (Å²) in [4.78, 5) is 25.7. The van der Waals surface area contributed by atoms with Crippen LogP contribution in [0.5, 0.6) is 0 Å². The first-order chi connectivity index (χ1) is 16.6. The maximum atomic E-state index is 11.6. The standard InChI is InChI=1S/C27H28N4O2S/c32-26(33)15-21(24-14-19-5-1-2-6-20(19)16-29-24)13-23-17-34-25(30-23)9-3-8-22-11-10-18-7-4-12-28-27(18)31-22/h1-2,5-6,10-11,14,16-17,21H,3-4,7-9,12-13,15H2,(H,28,31)(H,32,33). The number of anilines is 1. The minimum Gasteiger partial charge on any atom is -0.481 e. The van der Waals surface area contributed by atoms with E-state index in [4.69, 9.17) is 9.97 Å². The maximum absolute atomic E-state index is 11.6. The summed E-state index contributed by atoms with van der Waals surface area (Å²) in [7, 11) is 0. The Morgan fingerprint density at radius 3 is 2.85 bits per heavy atom. The van der Waals surface area contributed by atoms with E-state index in [0.29, 0.717) is 6.42 Å². The number of aliphatic carboxylic acids is 1. The number of pyridine rings is 2. The Morgan fingerprint density at radius 2 is 1.97 bits per heavy atom. The third-order valence-corrected chi connectivity index (χ3v) is 7.28. The van der Waals surface area contributed by atoms with Crippen molar-refractivity contribution in [3.63, 3.8) is 0 Å². The van der Waals surface area contributed by atoms with Gasteiger partial charge in [0.05, 0.1) is 17.1 Å². The SMILES string of the molecule is O=C(O)CC(Cc1csc(CCCc2ccc3c(n2)NCCC3)n1)c1cc2ccccc2cn1. The summed E-state index contributed by atoms with van der Waals surface area (Å²) in [5.41, 5.74) is 4.19. The molecule has 4 heterocycles. The van der Waals surface area contributed by atoms with Gasteiger partial charge in [-0.15, -0.1) is 11.3 Å². The van der Waals surface area contributed by atoms with Crippen LogP contribution in [-0.4, -0.2) is 32.6 Å². The topological polar surface area (TPSA) is 88.0 Å². The highest BCUT2D eigenvalue weighted by Crippen LogP contribution is 2.27. The predicted octanol–water partition coefficient (Wildman–Crippen LogP) is 5.42. The number of carboxylic acid groups (broad SMARTS) is 1. The van der Waals surface area contributed by atoms with Gasteiger partial charge in [-0.25, -0.2) is 9.97 Å². The van der Waals surface area contributed by atoms with E-state index in [2.05, 4.69) is 27.8 Å². The molecule has 6 nitrogen and oxygen atoms in total. The Kier molecular flexibility index (Phi) is 6.81. The lowest BCUT2D eigenvalue weighted by Crippen LogP contribution is -2.14. The number of hydrogen-bond donors (Lipinski definition) is 2. The van der Waals surface area contributed by atoms with E-state index in [1.807, 2.05) is 36.5 Å². The Hall–Kier alpha value is -3.32. The molecule has 1 atom stereocenters. The van der Waals surface area contributed by atoms with E-state index >= 15 is 0 Å². The van der Waals surface area contributed by atoms with Crippen LogP contribution < -0.4 is 5.32 Å². The fraction of sp³-hybridized carbons (Fsp3) is 0.333. The Morgan fingerprint density at radius 1 is 1.09 bits per heavy atom. The van der Waals surface area contributed by atoms with E-state index in [0.717, 1.165) is 70.9 Å². The van der Waals surface area contributed by atoms with Crippen molar-refractivity contribution in [1.82, 2.24) is 15.0 Å². The summed E-state index contributed by atoms with van der Waals surface area (Å²) in [5.74, 6) is 0.0266. The van der Waals surface area contributed by atoms with Crippen molar-refractivity contribution in [3.05, 3.63) is 81.7 Å². The van der Waals surface area contributed by atoms with Crippen molar-refractivity contribution in [3.8, 4) is 0 Å². The second kappa shape index (κ2) is 10.3. The number of rotatable bonds is 9. The third-order valence-electron chi connectivity index (χ3n) is 6.32. The highest BCUT2D eigenvalue weighted by atomic mass is 32.1. The predicted molar refractivity (Wildman–Crippen MR) is 136 cm³/mol. The van der Waals surface area contributed by atoms with Gasteiger partial charge in [-0.05, 0) is 61.6 Å². The number of carbonyl (C=O) groups is 1. The van der Waals surface area contributed by atoms with Gasteiger partial charge in [0.2, 0.25) is 0 Å². The molecule has 5 rings (SSSR count). The molecule has 0 amide bonds. The molecule has 1 aromatic carbocycles. The van der Waals surface area contributed by atoms with Crippen LogP contribution in [0.25, 0.3) is 10.8 Å². The molecular weight excluding hydrogens is 444 g/mol. The number of aryl methyl sites for hydroxylation is 3. The van der Waals surface area contributed by atoms with Crippen LogP contribution in [0.1, 0.15) is 52.8 Å². The maximum Gasteiger partial charge on any atom is 0.304 e. The lowest BCUT2D eigenvalue weighted by Gasteiger charge is -2.17. The smallest absolute Gasteiger partial charge is 0.304 e. The molecule has 1 aliphatic heterocycles. The van der Waals surface area contributed by atoms with Gasteiger partial charge in [0, 0.05) is 40.8 Å². The monoisotopic (exact) mass is 472 g/mol. The van der Waals surface area contributed by atoms with Gasteiger partial charge >= 0.3 is 5.97 Å². The van der Waals surface area contributed by atoms with Crippen LogP contribution in [0.4, 0.5) is 5.82 Å². The zero-order valence-electron chi connectivity index (χ0n) is 19.0. The molecule has 174 valence electrons. The molecule has 0 bridgehead atoms. The average molecular weight is 473 g/mol. The number of fused-ring (bicyclic) bond motifs is 2. The number of hydrogen-bond acceptors (Lipinski definition) is 6. The molecule has 34 heavy (non-hydrogen) atoms. The van der Waals surface area contributed by atoms with Crippen molar-refractivity contribution in [2.75, 3.05) is 11.9 Å². The number of thiazole rings is 1. The average Bonchev–Trinajstić information content (AvgIpc) is 3.30. The Bertz CT molecular complexity index is 1300. The quantitative estimate of drug-likeness (QED) is 0.338. The van der Waals surface area contributed by atoms with Crippen LogP contribution in [0, 0.1) is 0 Å². The van der Waals surface area contributed by atoms with Gasteiger partial charge < -0.3 is 10.4 Å². The van der Waals surface area contributed by atoms with Crippen molar-refractivity contribution < 1.29 is 9.90 Å². The fourth-order valence-corrected chi connectivity index (χ4v) is 5.41. The molecule has 7 heteroatoms. The first-order valence-electron chi connectivity index (χ1n) is 11.9. The van der Waals surface area contributed by atoms with E-state index in [1.54, 1.807) is 11.3 Å². The first kappa shape index (κ1) is 22.5. The van der Waals surface area contributed by atoms with Gasteiger partial charge in [0.1, 0.15) is 5.82 Å². The van der Waals surface area contributed by atoms with E-state index in [1.165, 1.54) is 12.0 Å². The molecule has 0 radical (unpaired) electrons. The minimum absolute atomic E-state index is 0.0379. The normalized spacial score (nSPS) is 13.9. The number of nitrogens with zero attached hydrogens (tertiary/aromatic N) is 3. The summed E-state index contributed by atoms with van der Waals surface area (Å²) >= 11 is 1.65. The Labute approximate surface area is 203 Å². The summed E-state index contributed by atoms with van der Waals surface area (Å²) in [6.07, 6.45) is 7.53. The molecule has 4 aromatic rings. The van der Waals surface area contributed by atoms with Crippen LogP contribution in [0.15, 0.2) is 54.0 Å². The molecule has 1 unspecified atom stereocenters. The van der Waals surface area contributed by atoms with Crippen LogP contribution >= 0.6 is 11.3 Å². The second-order valence-electron chi connectivity index (χ2n) is 8.88. The van der Waals surface area contributed by atoms with Crippen LogP contribution in [-0.2, 0) is 30.5 Å². The zero-order valence-corrected chi connectivity index (χ0v) is 19.9. The number of carboxylic acids is 1. The molecule has 2 N–H and O–H groups in total. The highest BCUT2D eigenvalue weighted by molar-refractivity contribution is 7.09.